The van der Waals surface area contributed by atoms with E-state index < -0.39 is 5.54 Å². The number of hydrogen-bond acceptors (Lipinski definition) is 5. The van der Waals surface area contributed by atoms with Gasteiger partial charge in [-0.2, -0.15) is 0 Å². The van der Waals surface area contributed by atoms with Crippen LogP contribution in [0.5, 0.6) is 0 Å². The van der Waals surface area contributed by atoms with Crippen molar-refractivity contribution in [1.29, 1.82) is 0 Å². The molecule has 0 bridgehead atoms. The Balaban J connectivity index is 1.88. The van der Waals surface area contributed by atoms with Crippen molar-refractivity contribution in [2.75, 3.05) is 50.8 Å². The molecule has 0 spiro atoms. The van der Waals surface area contributed by atoms with Gasteiger partial charge in [0.1, 0.15) is 0 Å². The van der Waals surface area contributed by atoms with E-state index in [4.69, 9.17) is 10.5 Å². The largest absolute Gasteiger partial charge is 0.375 e. The van der Waals surface area contributed by atoms with Crippen LogP contribution in [0.3, 0.4) is 0 Å². The lowest BCUT2D eigenvalue weighted by Crippen LogP contribution is -2.57. The van der Waals surface area contributed by atoms with Crippen LogP contribution in [0.2, 0.25) is 0 Å². The van der Waals surface area contributed by atoms with E-state index in [0.717, 1.165) is 38.3 Å². The molecule has 0 aromatic heterocycles. The summed E-state index contributed by atoms with van der Waals surface area (Å²) < 4.78 is 5.87. The first-order valence-corrected chi connectivity index (χ1v) is 11.0. The van der Waals surface area contributed by atoms with E-state index in [1.54, 1.807) is 13.8 Å². The number of carbonyl (C=O) groups is 1. The van der Waals surface area contributed by atoms with Crippen LogP contribution < -0.4 is 16.0 Å². The van der Waals surface area contributed by atoms with Gasteiger partial charge in [0.15, 0.2) is 0 Å². The smallest absolute Gasteiger partial charge is 0.239 e. The molecule has 1 fully saturated rings. The second-order valence-electron chi connectivity index (χ2n) is 8.57. The van der Waals surface area contributed by atoms with Crippen LogP contribution in [-0.2, 0) is 9.53 Å². The van der Waals surface area contributed by atoms with Crippen LogP contribution in [0.4, 0.5) is 5.69 Å². The summed E-state index contributed by atoms with van der Waals surface area (Å²) >= 11 is 0. The zero-order chi connectivity index (χ0) is 22.7. The molecule has 1 unspecified atom stereocenters. The van der Waals surface area contributed by atoms with Gasteiger partial charge in [-0.15, -0.1) is 0 Å². The highest BCUT2D eigenvalue weighted by Gasteiger charge is 2.27. The van der Waals surface area contributed by atoms with Crippen molar-refractivity contribution >= 4 is 11.6 Å². The Morgan fingerprint density at radius 3 is 2.52 bits per heavy atom. The number of carbonyl (C=O) groups excluding carboxylic acids is 1. The summed E-state index contributed by atoms with van der Waals surface area (Å²) in [4.78, 5) is 17.2. The number of rotatable bonds is 11. The van der Waals surface area contributed by atoms with Gasteiger partial charge in [-0.05, 0) is 38.5 Å². The summed E-state index contributed by atoms with van der Waals surface area (Å²) in [6, 6.07) is 10.3. The Labute approximate surface area is 187 Å². The maximum atomic E-state index is 12.5. The predicted octanol–water partition coefficient (Wildman–Crippen LogP) is 2.74. The molecule has 0 radical (unpaired) electrons. The molecular weight excluding hydrogens is 388 g/mol. The van der Waals surface area contributed by atoms with Gasteiger partial charge < -0.3 is 20.7 Å². The molecule has 1 amide bonds. The molecule has 1 aliphatic rings. The molecule has 2 rings (SSSR count). The van der Waals surface area contributed by atoms with E-state index in [1.807, 2.05) is 37.3 Å². The number of nitrogens with one attached hydrogen (secondary N) is 1. The minimum absolute atomic E-state index is 0.133. The van der Waals surface area contributed by atoms with Crippen molar-refractivity contribution in [2.45, 2.75) is 32.4 Å². The zero-order valence-corrected chi connectivity index (χ0v) is 19.2. The SMILES string of the molecule is C=C(/C=C\C=C/C)COCC(CN1CCN(c2ccccc2)CC1)NC(=O)C(C)(C)N. The molecule has 1 saturated heterocycles. The summed E-state index contributed by atoms with van der Waals surface area (Å²) in [7, 11) is 0. The minimum Gasteiger partial charge on any atom is -0.375 e. The number of nitrogens with zero attached hydrogens (tertiary/aromatic N) is 2. The molecular formula is C25H38N4O2. The fraction of sp³-hybridized carbons (Fsp3) is 0.480. The lowest BCUT2D eigenvalue weighted by molar-refractivity contribution is -0.126. The lowest BCUT2D eigenvalue weighted by atomic mass is 10.1. The average Bonchev–Trinajstić information content (AvgIpc) is 2.74. The molecule has 1 heterocycles. The molecule has 1 aromatic rings. The summed E-state index contributed by atoms with van der Waals surface area (Å²) in [6.07, 6.45) is 7.78. The van der Waals surface area contributed by atoms with E-state index in [1.165, 1.54) is 5.69 Å². The average molecular weight is 427 g/mol. The number of piperazine rings is 1. The number of hydrogen-bond donors (Lipinski definition) is 2. The van der Waals surface area contributed by atoms with Crippen molar-refractivity contribution < 1.29 is 9.53 Å². The van der Waals surface area contributed by atoms with Crippen LogP contribution in [0, 0.1) is 0 Å². The van der Waals surface area contributed by atoms with E-state index in [-0.39, 0.29) is 11.9 Å². The van der Waals surface area contributed by atoms with E-state index >= 15 is 0 Å². The number of anilines is 1. The van der Waals surface area contributed by atoms with E-state index in [9.17, 15) is 4.79 Å². The third kappa shape index (κ3) is 9.09. The number of allylic oxidation sites excluding steroid dienone is 3. The number of amides is 1. The fourth-order valence-corrected chi connectivity index (χ4v) is 3.33. The van der Waals surface area contributed by atoms with Crippen LogP contribution in [0.25, 0.3) is 0 Å². The first-order valence-electron chi connectivity index (χ1n) is 11.0. The topological polar surface area (TPSA) is 70.8 Å². The minimum atomic E-state index is -0.928. The third-order valence-electron chi connectivity index (χ3n) is 5.13. The zero-order valence-electron chi connectivity index (χ0n) is 19.2. The van der Waals surface area contributed by atoms with Crippen LogP contribution in [0.15, 0.2) is 66.8 Å². The Morgan fingerprint density at radius 1 is 1.23 bits per heavy atom. The van der Waals surface area contributed by atoms with Gasteiger partial charge in [0.05, 0.1) is 24.8 Å². The summed E-state index contributed by atoms with van der Waals surface area (Å²) in [5, 5.41) is 3.07. The maximum Gasteiger partial charge on any atom is 0.239 e. The van der Waals surface area contributed by atoms with E-state index in [0.29, 0.717) is 13.2 Å². The first kappa shape index (κ1) is 24.9. The van der Waals surface area contributed by atoms with Crippen LogP contribution in [0.1, 0.15) is 20.8 Å². The van der Waals surface area contributed by atoms with Crippen molar-refractivity contribution in [1.82, 2.24) is 10.2 Å². The van der Waals surface area contributed by atoms with Gasteiger partial charge in [-0.1, -0.05) is 49.1 Å². The van der Waals surface area contributed by atoms with E-state index in [2.05, 4.69) is 46.0 Å². The Morgan fingerprint density at radius 2 is 1.90 bits per heavy atom. The molecule has 170 valence electrons. The summed E-state index contributed by atoms with van der Waals surface area (Å²) in [5.74, 6) is -0.171. The highest BCUT2D eigenvalue weighted by molar-refractivity contribution is 5.85. The molecule has 31 heavy (non-hydrogen) atoms. The first-order chi connectivity index (χ1) is 14.8. The summed E-state index contributed by atoms with van der Waals surface area (Å²) in [6.45, 7) is 14.8. The number of para-hydroxylation sites is 1. The van der Waals surface area contributed by atoms with Gasteiger partial charge in [0, 0.05) is 38.4 Å². The van der Waals surface area contributed by atoms with Gasteiger partial charge >= 0.3 is 0 Å². The molecule has 1 aliphatic heterocycles. The van der Waals surface area contributed by atoms with Crippen molar-refractivity contribution in [3.63, 3.8) is 0 Å². The predicted molar refractivity (Wildman–Crippen MR) is 129 cm³/mol. The standard InChI is InChI=1S/C25H38N4O2/c1-5-6-8-11-21(2)19-31-20-22(27-24(30)25(3,4)26)18-28-14-16-29(17-15-28)23-12-9-7-10-13-23/h5-13,22H,2,14-20,26H2,1,3-4H3,(H,27,30)/b6-5-,11-8-. The van der Waals surface area contributed by atoms with Crippen molar-refractivity contribution in [3.05, 3.63) is 66.8 Å². The Kier molecular flexibility index (Phi) is 9.98. The Bertz CT molecular complexity index is 745. The second kappa shape index (κ2) is 12.4. The molecule has 0 saturated carbocycles. The van der Waals surface area contributed by atoms with Gasteiger partial charge in [0.2, 0.25) is 5.91 Å². The molecule has 6 nitrogen and oxygen atoms in total. The Hall–Kier alpha value is -2.41. The number of nitrogens with two attached hydrogens (primary N) is 1. The number of ether oxygens (including phenoxy) is 1. The molecule has 3 N–H and O–H groups in total. The fourth-order valence-electron chi connectivity index (χ4n) is 3.33. The van der Waals surface area contributed by atoms with Crippen molar-refractivity contribution in [3.8, 4) is 0 Å². The monoisotopic (exact) mass is 426 g/mol. The number of benzene rings is 1. The normalized spacial score (nSPS) is 16.7. The highest BCUT2D eigenvalue weighted by Crippen LogP contribution is 2.15. The molecule has 1 atom stereocenters. The quantitative estimate of drug-likeness (QED) is 0.533. The third-order valence-corrected chi connectivity index (χ3v) is 5.13. The van der Waals surface area contributed by atoms with Gasteiger partial charge in [-0.25, -0.2) is 0 Å². The highest BCUT2D eigenvalue weighted by atomic mass is 16.5. The van der Waals surface area contributed by atoms with Crippen LogP contribution in [-0.4, -0.2) is 68.3 Å². The lowest BCUT2D eigenvalue weighted by Gasteiger charge is -2.38. The maximum absolute atomic E-state index is 12.5. The molecule has 0 aliphatic carbocycles. The van der Waals surface area contributed by atoms with Crippen LogP contribution >= 0.6 is 0 Å². The van der Waals surface area contributed by atoms with Gasteiger partial charge in [0.25, 0.3) is 0 Å². The second-order valence-corrected chi connectivity index (χ2v) is 8.57. The van der Waals surface area contributed by atoms with Gasteiger partial charge in [-0.3, -0.25) is 9.69 Å². The summed E-state index contributed by atoms with van der Waals surface area (Å²) in [5.41, 5.74) is 7.20. The molecule has 1 aromatic carbocycles. The molecule has 6 heteroatoms. The van der Waals surface area contributed by atoms with Crippen molar-refractivity contribution in [2.24, 2.45) is 5.73 Å².